The van der Waals surface area contributed by atoms with Gasteiger partial charge in [0.05, 0.1) is 18.4 Å². The van der Waals surface area contributed by atoms with Gasteiger partial charge in [-0.1, -0.05) is 0 Å². The predicted octanol–water partition coefficient (Wildman–Crippen LogP) is 0.972. The van der Waals surface area contributed by atoms with Gasteiger partial charge >= 0.3 is 0 Å². The highest BCUT2D eigenvalue weighted by atomic mass is 32.2. The van der Waals surface area contributed by atoms with Gasteiger partial charge in [0.25, 0.3) is 0 Å². The first-order chi connectivity index (χ1) is 8.05. The van der Waals surface area contributed by atoms with Crippen molar-refractivity contribution in [2.45, 2.75) is 32.7 Å². The summed E-state index contributed by atoms with van der Waals surface area (Å²) < 4.78 is 24.3. The van der Waals surface area contributed by atoms with Crippen LogP contribution in [0, 0.1) is 0 Å². The number of carbonyl (C=O) groups excluding carboxylic acids is 1. The first-order valence-electron chi connectivity index (χ1n) is 5.28. The largest absolute Gasteiger partial charge is 0.351 e. The van der Waals surface area contributed by atoms with E-state index in [4.69, 9.17) is 0 Å². The maximum atomic E-state index is 11.6. The molecule has 0 saturated heterocycles. The van der Waals surface area contributed by atoms with E-state index in [1.54, 1.807) is 5.38 Å². The number of carbonyl (C=O) groups is 1. The van der Waals surface area contributed by atoms with Gasteiger partial charge in [0.1, 0.15) is 0 Å². The molecule has 2 N–H and O–H groups in total. The second kappa shape index (κ2) is 5.23. The molecule has 18 heavy (non-hydrogen) atoms. The molecule has 0 bridgehead atoms. The smallest absolute Gasteiger partial charge is 0.231 e. The molecular weight excluding hydrogens is 274 g/mol. The summed E-state index contributed by atoms with van der Waals surface area (Å²) in [6.07, 6.45) is 1.19. The lowest BCUT2D eigenvalue weighted by Gasteiger charge is -2.19. The van der Waals surface area contributed by atoms with Crippen LogP contribution in [0.2, 0.25) is 0 Å². The molecule has 1 aromatic heterocycles. The Morgan fingerprint density at radius 2 is 2.06 bits per heavy atom. The molecule has 0 aromatic carbocycles. The summed E-state index contributed by atoms with van der Waals surface area (Å²) in [6, 6.07) is 0. The van der Waals surface area contributed by atoms with Crippen LogP contribution in [-0.4, -0.2) is 31.1 Å². The van der Waals surface area contributed by atoms with Crippen molar-refractivity contribution in [2.75, 3.05) is 11.0 Å². The fourth-order valence-electron chi connectivity index (χ4n) is 1.22. The zero-order chi connectivity index (χ0) is 14.0. The number of sulfonamides is 1. The zero-order valence-electron chi connectivity index (χ0n) is 10.8. The second-order valence-corrected chi connectivity index (χ2v) is 7.60. The number of hydrogen-bond donors (Lipinski definition) is 2. The first-order valence-corrected chi connectivity index (χ1v) is 8.05. The molecule has 1 aromatic rings. The van der Waals surface area contributed by atoms with Gasteiger partial charge in [0.2, 0.25) is 15.9 Å². The number of amides is 1. The van der Waals surface area contributed by atoms with E-state index in [-0.39, 0.29) is 23.0 Å². The molecular formula is C10H17N3O3S2. The number of rotatable bonds is 4. The highest BCUT2D eigenvalue weighted by molar-refractivity contribution is 7.92. The van der Waals surface area contributed by atoms with Gasteiger partial charge in [-0.05, 0) is 20.8 Å². The van der Waals surface area contributed by atoms with Crippen LogP contribution in [0.4, 0.5) is 5.13 Å². The minimum absolute atomic E-state index is 0.138. The third kappa shape index (κ3) is 5.97. The lowest BCUT2D eigenvalue weighted by molar-refractivity contribution is -0.121. The van der Waals surface area contributed by atoms with Crippen LogP contribution >= 0.6 is 11.3 Å². The van der Waals surface area contributed by atoms with Crippen LogP contribution in [0.1, 0.15) is 26.5 Å². The number of hydrogen-bond acceptors (Lipinski definition) is 5. The maximum Gasteiger partial charge on any atom is 0.231 e. The lowest BCUT2D eigenvalue weighted by Crippen LogP contribution is -2.41. The van der Waals surface area contributed by atoms with Crippen molar-refractivity contribution in [2.24, 2.45) is 0 Å². The van der Waals surface area contributed by atoms with Crippen molar-refractivity contribution in [3.63, 3.8) is 0 Å². The molecule has 0 fully saturated rings. The standard InChI is InChI=1S/C10H17N3O3S2/c1-10(2,3)12-8(14)5-7-6-17-9(11-7)13-18(4,15)16/h6H,5H2,1-4H3,(H,11,13)(H,12,14). The van der Waals surface area contributed by atoms with Gasteiger partial charge in [-0.15, -0.1) is 11.3 Å². The Hall–Kier alpha value is -1.15. The van der Waals surface area contributed by atoms with E-state index in [9.17, 15) is 13.2 Å². The van der Waals surface area contributed by atoms with Crippen LogP contribution < -0.4 is 10.0 Å². The van der Waals surface area contributed by atoms with Crippen LogP contribution in [0.15, 0.2) is 5.38 Å². The maximum absolute atomic E-state index is 11.6. The Bertz CT molecular complexity index is 529. The molecule has 0 spiro atoms. The normalized spacial score (nSPS) is 12.2. The Kier molecular flexibility index (Phi) is 4.33. The molecule has 8 heteroatoms. The predicted molar refractivity (Wildman–Crippen MR) is 72.2 cm³/mol. The van der Waals surface area contributed by atoms with Crippen LogP contribution in [0.5, 0.6) is 0 Å². The van der Waals surface area contributed by atoms with Gasteiger partial charge in [-0.25, -0.2) is 13.4 Å². The third-order valence-electron chi connectivity index (χ3n) is 1.68. The van der Waals surface area contributed by atoms with E-state index in [1.165, 1.54) is 0 Å². The topological polar surface area (TPSA) is 88.2 Å². The SMILES string of the molecule is CC(C)(C)NC(=O)Cc1csc(NS(C)(=O)=O)n1. The van der Waals surface area contributed by atoms with Crippen molar-refractivity contribution in [3.8, 4) is 0 Å². The average molecular weight is 291 g/mol. The molecule has 102 valence electrons. The zero-order valence-corrected chi connectivity index (χ0v) is 12.4. The van der Waals surface area contributed by atoms with E-state index < -0.39 is 10.0 Å². The average Bonchev–Trinajstić information content (AvgIpc) is 2.44. The van der Waals surface area contributed by atoms with E-state index in [2.05, 4.69) is 15.0 Å². The van der Waals surface area contributed by atoms with Gasteiger partial charge < -0.3 is 5.32 Å². The molecule has 6 nitrogen and oxygen atoms in total. The van der Waals surface area contributed by atoms with Gasteiger partial charge in [-0.3, -0.25) is 9.52 Å². The first kappa shape index (κ1) is 14.9. The summed E-state index contributed by atoms with van der Waals surface area (Å²) >= 11 is 1.15. The van der Waals surface area contributed by atoms with Crippen molar-refractivity contribution in [1.82, 2.24) is 10.3 Å². The van der Waals surface area contributed by atoms with E-state index in [1.807, 2.05) is 20.8 Å². The van der Waals surface area contributed by atoms with E-state index >= 15 is 0 Å². The highest BCUT2D eigenvalue weighted by Gasteiger charge is 2.15. The number of thiazole rings is 1. The molecule has 0 aliphatic heterocycles. The van der Waals surface area contributed by atoms with Gasteiger partial charge in [0, 0.05) is 10.9 Å². The summed E-state index contributed by atoms with van der Waals surface area (Å²) in [5.41, 5.74) is 0.258. The van der Waals surface area contributed by atoms with Crippen LogP contribution in [-0.2, 0) is 21.2 Å². The fraction of sp³-hybridized carbons (Fsp3) is 0.600. The molecule has 0 atom stereocenters. The van der Waals surface area contributed by atoms with Crippen molar-refractivity contribution < 1.29 is 13.2 Å². The molecule has 1 rings (SSSR count). The Labute approximate surface area is 111 Å². The number of nitrogens with one attached hydrogen (secondary N) is 2. The van der Waals surface area contributed by atoms with Crippen LogP contribution in [0.3, 0.4) is 0 Å². The molecule has 0 aliphatic rings. The number of anilines is 1. The minimum atomic E-state index is -3.32. The monoisotopic (exact) mass is 291 g/mol. The quantitative estimate of drug-likeness (QED) is 0.865. The summed E-state index contributed by atoms with van der Waals surface area (Å²) in [4.78, 5) is 15.7. The lowest BCUT2D eigenvalue weighted by atomic mass is 10.1. The fourth-order valence-corrected chi connectivity index (χ4v) is 2.78. The summed E-state index contributed by atoms with van der Waals surface area (Å²) in [5.74, 6) is -0.140. The molecule has 0 radical (unpaired) electrons. The summed E-state index contributed by atoms with van der Waals surface area (Å²) in [6.45, 7) is 5.67. The van der Waals surface area contributed by atoms with Crippen molar-refractivity contribution in [3.05, 3.63) is 11.1 Å². The minimum Gasteiger partial charge on any atom is -0.351 e. The van der Waals surface area contributed by atoms with Crippen LogP contribution in [0.25, 0.3) is 0 Å². The van der Waals surface area contributed by atoms with E-state index in [0.717, 1.165) is 17.6 Å². The van der Waals surface area contributed by atoms with E-state index in [0.29, 0.717) is 5.69 Å². The van der Waals surface area contributed by atoms with Gasteiger partial charge in [-0.2, -0.15) is 0 Å². The molecule has 0 unspecified atom stereocenters. The Morgan fingerprint density at radius 3 is 2.56 bits per heavy atom. The number of aromatic nitrogens is 1. The Morgan fingerprint density at radius 1 is 1.44 bits per heavy atom. The highest BCUT2D eigenvalue weighted by Crippen LogP contribution is 2.16. The van der Waals surface area contributed by atoms with Gasteiger partial charge in [0.15, 0.2) is 5.13 Å². The molecule has 1 amide bonds. The summed E-state index contributed by atoms with van der Waals surface area (Å²) in [7, 11) is -3.32. The van der Waals surface area contributed by atoms with Crippen molar-refractivity contribution >= 4 is 32.4 Å². The Balaban J connectivity index is 2.62. The molecule has 1 heterocycles. The van der Waals surface area contributed by atoms with Crippen molar-refractivity contribution in [1.29, 1.82) is 0 Å². The molecule has 0 saturated carbocycles. The third-order valence-corrected chi connectivity index (χ3v) is 3.18. The number of nitrogens with zero attached hydrogens (tertiary/aromatic N) is 1. The molecule has 0 aliphatic carbocycles. The summed E-state index contributed by atoms with van der Waals surface area (Å²) in [5, 5.41) is 4.75. The second-order valence-electron chi connectivity index (χ2n) is 4.99.